The van der Waals surface area contributed by atoms with E-state index in [0.29, 0.717) is 10.7 Å². The van der Waals surface area contributed by atoms with Crippen LogP contribution in [0.15, 0.2) is 36.4 Å². The first-order valence-electron chi connectivity index (χ1n) is 7.19. The van der Waals surface area contributed by atoms with E-state index in [4.69, 9.17) is 11.6 Å². The Morgan fingerprint density at radius 2 is 1.90 bits per heavy atom. The molecule has 0 atom stereocenters. The molecule has 0 radical (unpaired) electrons. The van der Waals surface area contributed by atoms with E-state index >= 15 is 0 Å². The number of amides is 1. The summed E-state index contributed by atoms with van der Waals surface area (Å²) in [5, 5.41) is 3.23. The van der Waals surface area contributed by atoms with Gasteiger partial charge in [0.1, 0.15) is 5.15 Å². The highest BCUT2D eigenvalue weighted by Gasteiger charge is 2.09. The average molecular weight is 303 g/mol. The van der Waals surface area contributed by atoms with Gasteiger partial charge in [-0.05, 0) is 42.7 Å². The van der Waals surface area contributed by atoms with E-state index in [0.717, 1.165) is 30.6 Å². The number of anilines is 1. The van der Waals surface area contributed by atoms with Gasteiger partial charge in [-0.25, -0.2) is 4.98 Å². The molecule has 0 aliphatic carbocycles. The lowest BCUT2D eigenvalue weighted by molar-refractivity contribution is 0.102. The van der Waals surface area contributed by atoms with Gasteiger partial charge < -0.3 is 5.32 Å². The van der Waals surface area contributed by atoms with E-state index in [1.165, 1.54) is 5.56 Å². The summed E-state index contributed by atoms with van der Waals surface area (Å²) < 4.78 is 0. The molecule has 1 aromatic heterocycles. The van der Waals surface area contributed by atoms with Gasteiger partial charge in [-0.15, -0.1) is 0 Å². The minimum atomic E-state index is -0.166. The van der Waals surface area contributed by atoms with E-state index in [1.807, 2.05) is 24.3 Å². The standard InChI is InChI=1S/C17H19ClN2O/c1-3-5-15-10-13(11-16(18)19-15)17(21)20-14-8-6-12(4-2)7-9-14/h6-11H,3-5H2,1-2H3,(H,20,21). The van der Waals surface area contributed by atoms with Crippen molar-refractivity contribution in [3.05, 3.63) is 58.4 Å². The number of aryl methyl sites for hydroxylation is 2. The third-order valence-electron chi connectivity index (χ3n) is 3.24. The number of carbonyl (C=O) groups excluding carboxylic acids is 1. The lowest BCUT2D eigenvalue weighted by Gasteiger charge is -2.08. The molecule has 2 aromatic rings. The van der Waals surface area contributed by atoms with Gasteiger partial charge in [0.25, 0.3) is 5.91 Å². The molecule has 1 heterocycles. The van der Waals surface area contributed by atoms with E-state index in [1.54, 1.807) is 12.1 Å². The van der Waals surface area contributed by atoms with Gasteiger partial charge in [-0.1, -0.05) is 44.0 Å². The summed E-state index contributed by atoms with van der Waals surface area (Å²) >= 11 is 5.98. The second kappa shape index (κ2) is 7.23. The molecule has 4 heteroatoms. The van der Waals surface area contributed by atoms with Crippen molar-refractivity contribution in [2.45, 2.75) is 33.1 Å². The highest BCUT2D eigenvalue weighted by atomic mass is 35.5. The molecular weight excluding hydrogens is 284 g/mol. The number of benzene rings is 1. The molecule has 1 aromatic carbocycles. The zero-order chi connectivity index (χ0) is 15.2. The molecule has 0 aliphatic heterocycles. The molecule has 1 N–H and O–H groups in total. The van der Waals surface area contributed by atoms with Crippen molar-refractivity contribution in [2.75, 3.05) is 5.32 Å². The van der Waals surface area contributed by atoms with E-state index in [2.05, 4.69) is 24.1 Å². The molecule has 0 saturated heterocycles. The van der Waals surface area contributed by atoms with E-state index < -0.39 is 0 Å². The largest absolute Gasteiger partial charge is 0.322 e. The summed E-state index contributed by atoms with van der Waals surface area (Å²) in [6.07, 6.45) is 2.76. The molecule has 110 valence electrons. The SMILES string of the molecule is CCCc1cc(C(=O)Nc2ccc(CC)cc2)cc(Cl)n1. The zero-order valence-corrected chi connectivity index (χ0v) is 13.1. The van der Waals surface area contributed by atoms with Crippen LogP contribution in [0.25, 0.3) is 0 Å². The first-order chi connectivity index (χ1) is 10.1. The predicted molar refractivity (Wildman–Crippen MR) is 87.0 cm³/mol. The van der Waals surface area contributed by atoms with Crippen LogP contribution in [-0.2, 0) is 12.8 Å². The van der Waals surface area contributed by atoms with Crippen LogP contribution in [0.5, 0.6) is 0 Å². The summed E-state index contributed by atoms with van der Waals surface area (Å²) in [7, 11) is 0. The average Bonchev–Trinajstić information content (AvgIpc) is 2.48. The van der Waals surface area contributed by atoms with Crippen molar-refractivity contribution in [3.8, 4) is 0 Å². The highest BCUT2D eigenvalue weighted by molar-refractivity contribution is 6.29. The Balaban J connectivity index is 2.15. The summed E-state index contributed by atoms with van der Waals surface area (Å²) in [6.45, 7) is 4.17. The number of carbonyl (C=O) groups is 1. The summed E-state index contributed by atoms with van der Waals surface area (Å²) in [4.78, 5) is 16.5. The van der Waals surface area contributed by atoms with Crippen LogP contribution in [0.2, 0.25) is 5.15 Å². The topological polar surface area (TPSA) is 42.0 Å². The Kier molecular flexibility index (Phi) is 5.34. The van der Waals surface area contributed by atoms with Crippen molar-refractivity contribution >= 4 is 23.2 Å². The van der Waals surface area contributed by atoms with Gasteiger partial charge in [0.15, 0.2) is 0 Å². The van der Waals surface area contributed by atoms with E-state index in [9.17, 15) is 4.79 Å². The van der Waals surface area contributed by atoms with Gasteiger partial charge >= 0.3 is 0 Å². The second-order valence-electron chi connectivity index (χ2n) is 4.92. The Morgan fingerprint density at radius 1 is 1.19 bits per heavy atom. The third kappa shape index (κ3) is 4.30. The molecule has 0 aliphatic rings. The third-order valence-corrected chi connectivity index (χ3v) is 3.43. The number of halogens is 1. The van der Waals surface area contributed by atoms with Crippen molar-refractivity contribution in [1.29, 1.82) is 0 Å². The van der Waals surface area contributed by atoms with Crippen molar-refractivity contribution in [3.63, 3.8) is 0 Å². The quantitative estimate of drug-likeness (QED) is 0.826. The molecule has 1 amide bonds. The molecule has 21 heavy (non-hydrogen) atoms. The Labute approximate surface area is 130 Å². The van der Waals surface area contributed by atoms with Crippen LogP contribution in [0.4, 0.5) is 5.69 Å². The van der Waals surface area contributed by atoms with Gasteiger partial charge in [0, 0.05) is 16.9 Å². The lowest BCUT2D eigenvalue weighted by atomic mass is 10.1. The molecule has 2 rings (SSSR count). The number of rotatable bonds is 5. The highest BCUT2D eigenvalue weighted by Crippen LogP contribution is 2.15. The molecule has 0 saturated carbocycles. The maximum Gasteiger partial charge on any atom is 0.255 e. The summed E-state index contributed by atoms with van der Waals surface area (Å²) in [5.41, 5.74) is 3.40. The number of hydrogen-bond donors (Lipinski definition) is 1. The Hall–Kier alpha value is -1.87. The molecule has 0 fully saturated rings. The monoisotopic (exact) mass is 302 g/mol. The van der Waals surface area contributed by atoms with Gasteiger partial charge in [-0.2, -0.15) is 0 Å². The summed E-state index contributed by atoms with van der Waals surface area (Å²) in [6, 6.07) is 11.2. The summed E-state index contributed by atoms with van der Waals surface area (Å²) in [5.74, 6) is -0.166. The van der Waals surface area contributed by atoms with Crippen molar-refractivity contribution in [1.82, 2.24) is 4.98 Å². The number of pyridine rings is 1. The molecule has 0 spiro atoms. The molecule has 0 unspecified atom stereocenters. The maximum atomic E-state index is 12.3. The number of nitrogens with one attached hydrogen (secondary N) is 1. The normalized spacial score (nSPS) is 10.4. The smallest absolute Gasteiger partial charge is 0.255 e. The Morgan fingerprint density at radius 3 is 2.52 bits per heavy atom. The fraction of sp³-hybridized carbons (Fsp3) is 0.294. The number of hydrogen-bond acceptors (Lipinski definition) is 2. The fourth-order valence-electron chi connectivity index (χ4n) is 2.09. The predicted octanol–water partition coefficient (Wildman–Crippen LogP) is 4.50. The van der Waals surface area contributed by atoms with Crippen LogP contribution in [0, 0.1) is 0 Å². The molecule has 0 bridgehead atoms. The van der Waals surface area contributed by atoms with Crippen LogP contribution in [0.3, 0.4) is 0 Å². The molecule has 3 nitrogen and oxygen atoms in total. The van der Waals surface area contributed by atoms with E-state index in [-0.39, 0.29) is 5.91 Å². The first-order valence-corrected chi connectivity index (χ1v) is 7.57. The number of aromatic nitrogens is 1. The number of nitrogens with zero attached hydrogens (tertiary/aromatic N) is 1. The zero-order valence-electron chi connectivity index (χ0n) is 12.3. The van der Waals surface area contributed by atoms with Crippen LogP contribution < -0.4 is 5.32 Å². The minimum absolute atomic E-state index is 0.166. The molecular formula is C17H19ClN2O. The minimum Gasteiger partial charge on any atom is -0.322 e. The Bertz CT molecular complexity index is 623. The second-order valence-corrected chi connectivity index (χ2v) is 5.31. The van der Waals surface area contributed by atoms with Crippen LogP contribution in [0.1, 0.15) is 41.9 Å². The van der Waals surface area contributed by atoms with Crippen molar-refractivity contribution in [2.24, 2.45) is 0 Å². The van der Waals surface area contributed by atoms with Crippen molar-refractivity contribution < 1.29 is 4.79 Å². The van der Waals surface area contributed by atoms with Gasteiger partial charge in [0.05, 0.1) is 0 Å². The first kappa shape index (κ1) is 15.5. The van der Waals surface area contributed by atoms with Gasteiger partial charge in [0.2, 0.25) is 0 Å². The van der Waals surface area contributed by atoms with Gasteiger partial charge in [-0.3, -0.25) is 4.79 Å². The van der Waals surface area contributed by atoms with Crippen LogP contribution in [-0.4, -0.2) is 10.9 Å². The maximum absolute atomic E-state index is 12.3. The fourth-order valence-corrected chi connectivity index (χ4v) is 2.32. The van der Waals surface area contributed by atoms with Crippen LogP contribution >= 0.6 is 11.6 Å². The lowest BCUT2D eigenvalue weighted by Crippen LogP contribution is -2.12.